The van der Waals surface area contributed by atoms with Gasteiger partial charge in [0.05, 0.1) is 4.92 Å². The Bertz CT molecular complexity index is 728. The third-order valence-corrected chi connectivity index (χ3v) is 4.12. The molecule has 0 aromatic heterocycles. The lowest BCUT2D eigenvalue weighted by molar-refractivity contribution is -0.385. The summed E-state index contributed by atoms with van der Waals surface area (Å²) in [5.74, 6) is -1.30. The Morgan fingerprint density at radius 1 is 1.19 bits per heavy atom. The third-order valence-electron chi connectivity index (χ3n) is 2.95. The minimum atomic E-state index is -1.30. The van der Waals surface area contributed by atoms with E-state index in [1.165, 1.54) is 23.9 Å². The summed E-state index contributed by atoms with van der Waals surface area (Å²) in [6, 6.07) is 10.1. The number of aromatic carboxylic acids is 1. The zero-order valence-corrected chi connectivity index (χ0v) is 12.3. The molecule has 0 atom stereocenters. The molecule has 2 aromatic rings. The second-order valence-corrected chi connectivity index (χ2v) is 5.73. The largest absolute Gasteiger partial charge is 0.477 e. The van der Waals surface area contributed by atoms with Crippen LogP contribution >= 0.6 is 11.8 Å². The van der Waals surface area contributed by atoms with Crippen LogP contribution in [0.2, 0.25) is 0 Å². The van der Waals surface area contributed by atoms with Crippen LogP contribution in [-0.4, -0.2) is 16.0 Å². The van der Waals surface area contributed by atoms with Crippen molar-refractivity contribution in [1.82, 2.24) is 0 Å². The molecule has 0 spiro atoms. The molecule has 0 amide bonds. The van der Waals surface area contributed by atoms with E-state index < -0.39 is 16.6 Å². The Morgan fingerprint density at radius 2 is 1.90 bits per heavy atom. The van der Waals surface area contributed by atoms with Crippen molar-refractivity contribution in [2.45, 2.75) is 23.6 Å². The summed E-state index contributed by atoms with van der Waals surface area (Å²) in [5.41, 5.74) is 1.53. The Hall–Kier alpha value is -2.34. The summed E-state index contributed by atoms with van der Waals surface area (Å²) < 4.78 is 0. The Labute approximate surface area is 125 Å². The van der Waals surface area contributed by atoms with Crippen molar-refractivity contribution in [3.63, 3.8) is 0 Å². The maximum absolute atomic E-state index is 11.1. The Morgan fingerprint density at radius 3 is 2.48 bits per heavy atom. The number of rotatable bonds is 4. The molecule has 0 fully saturated rings. The van der Waals surface area contributed by atoms with Gasteiger partial charge in [0, 0.05) is 15.9 Å². The van der Waals surface area contributed by atoms with Gasteiger partial charge in [-0.3, -0.25) is 10.1 Å². The molecule has 2 aromatic carbocycles. The molecule has 2 rings (SSSR count). The number of nitro groups is 1. The first-order chi connectivity index (χ1) is 9.88. The highest BCUT2D eigenvalue weighted by molar-refractivity contribution is 7.99. The van der Waals surface area contributed by atoms with Gasteiger partial charge in [0.25, 0.3) is 5.69 Å². The Kier molecular flexibility index (Phi) is 4.28. The number of nitrogens with zero attached hydrogens (tertiary/aromatic N) is 1. The summed E-state index contributed by atoms with van der Waals surface area (Å²) in [6.45, 7) is 3.97. The second kappa shape index (κ2) is 5.97. The van der Waals surface area contributed by atoms with Crippen molar-refractivity contribution in [2.24, 2.45) is 0 Å². The van der Waals surface area contributed by atoms with Gasteiger partial charge < -0.3 is 5.11 Å². The van der Waals surface area contributed by atoms with E-state index in [0.29, 0.717) is 4.90 Å². The lowest BCUT2D eigenvalue weighted by Crippen LogP contribution is -2.02. The van der Waals surface area contributed by atoms with Gasteiger partial charge in [-0.25, -0.2) is 4.79 Å². The highest BCUT2D eigenvalue weighted by atomic mass is 32.2. The molecule has 0 saturated carbocycles. The van der Waals surface area contributed by atoms with Crippen LogP contribution in [0, 0.1) is 24.0 Å². The highest BCUT2D eigenvalue weighted by Crippen LogP contribution is 2.33. The van der Waals surface area contributed by atoms with E-state index in [9.17, 15) is 14.9 Å². The van der Waals surface area contributed by atoms with Crippen LogP contribution in [0.15, 0.2) is 46.2 Å². The van der Waals surface area contributed by atoms with E-state index in [1.807, 2.05) is 32.0 Å². The van der Waals surface area contributed by atoms with E-state index >= 15 is 0 Å². The quantitative estimate of drug-likeness (QED) is 0.680. The van der Waals surface area contributed by atoms with E-state index in [1.54, 1.807) is 6.07 Å². The van der Waals surface area contributed by atoms with Gasteiger partial charge in [0.15, 0.2) is 0 Å². The first-order valence-electron chi connectivity index (χ1n) is 6.15. The number of carboxylic acids is 1. The normalized spacial score (nSPS) is 10.4. The topological polar surface area (TPSA) is 80.4 Å². The van der Waals surface area contributed by atoms with Crippen LogP contribution in [0.3, 0.4) is 0 Å². The smallest absolute Gasteiger partial charge is 0.342 e. The number of benzene rings is 2. The van der Waals surface area contributed by atoms with Gasteiger partial charge in [-0.2, -0.15) is 0 Å². The van der Waals surface area contributed by atoms with Gasteiger partial charge >= 0.3 is 5.97 Å². The maximum Gasteiger partial charge on any atom is 0.342 e. The van der Waals surface area contributed by atoms with Gasteiger partial charge in [0.2, 0.25) is 0 Å². The molecule has 0 radical (unpaired) electrons. The van der Waals surface area contributed by atoms with Gasteiger partial charge in [-0.1, -0.05) is 29.5 Å². The first kappa shape index (κ1) is 15.1. The van der Waals surface area contributed by atoms with Crippen LogP contribution in [0.1, 0.15) is 21.5 Å². The standard InChI is InChI=1S/C15H13NO4S/c1-9-3-6-14(10(2)7-9)21-11-4-5-13(16(19)20)12(8-11)15(17)18/h3-8H,1-2H3,(H,17,18). The molecule has 108 valence electrons. The average molecular weight is 303 g/mol. The molecule has 5 nitrogen and oxygen atoms in total. The summed E-state index contributed by atoms with van der Waals surface area (Å²) in [6.07, 6.45) is 0. The van der Waals surface area contributed by atoms with Crippen molar-refractivity contribution in [3.05, 3.63) is 63.2 Å². The number of hydrogen-bond donors (Lipinski definition) is 1. The van der Waals surface area contributed by atoms with Crippen molar-refractivity contribution < 1.29 is 14.8 Å². The Balaban J connectivity index is 2.39. The zero-order chi connectivity index (χ0) is 15.6. The molecule has 0 bridgehead atoms. The third kappa shape index (κ3) is 3.41. The molecule has 0 aliphatic heterocycles. The molecular weight excluding hydrogens is 290 g/mol. The molecule has 0 unspecified atom stereocenters. The van der Waals surface area contributed by atoms with Crippen molar-refractivity contribution in [3.8, 4) is 0 Å². The zero-order valence-electron chi connectivity index (χ0n) is 11.5. The molecule has 21 heavy (non-hydrogen) atoms. The summed E-state index contributed by atoms with van der Waals surface area (Å²) >= 11 is 1.39. The fourth-order valence-electron chi connectivity index (χ4n) is 1.95. The molecule has 0 heterocycles. The van der Waals surface area contributed by atoms with E-state index in [2.05, 4.69) is 0 Å². The fourth-order valence-corrected chi connectivity index (χ4v) is 2.87. The highest BCUT2D eigenvalue weighted by Gasteiger charge is 2.20. The number of aryl methyl sites for hydroxylation is 2. The summed E-state index contributed by atoms with van der Waals surface area (Å²) in [7, 11) is 0. The number of nitro benzene ring substituents is 1. The molecule has 0 aliphatic carbocycles. The summed E-state index contributed by atoms with van der Waals surface area (Å²) in [4.78, 5) is 22.9. The van der Waals surface area contributed by atoms with Crippen molar-refractivity contribution in [1.29, 1.82) is 0 Å². The summed E-state index contributed by atoms with van der Waals surface area (Å²) in [5, 5.41) is 19.9. The molecule has 0 aliphatic rings. The maximum atomic E-state index is 11.1. The number of carboxylic acid groups (broad SMARTS) is 1. The lowest BCUT2D eigenvalue weighted by atomic mass is 10.2. The van der Waals surface area contributed by atoms with E-state index in [0.717, 1.165) is 16.0 Å². The second-order valence-electron chi connectivity index (χ2n) is 4.61. The van der Waals surface area contributed by atoms with Gasteiger partial charge in [-0.15, -0.1) is 0 Å². The minimum absolute atomic E-state index is 0.297. The number of carbonyl (C=O) groups is 1. The van der Waals surface area contributed by atoms with Crippen molar-refractivity contribution >= 4 is 23.4 Å². The van der Waals surface area contributed by atoms with Crippen LogP contribution in [0.4, 0.5) is 5.69 Å². The predicted octanol–water partition coefficient (Wildman–Crippen LogP) is 4.06. The predicted molar refractivity (Wildman–Crippen MR) is 80.1 cm³/mol. The van der Waals surface area contributed by atoms with Gasteiger partial charge in [-0.05, 0) is 37.6 Å². The molecular formula is C15H13NO4S. The molecule has 0 saturated heterocycles. The van der Waals surface area contributed by atoms with Gasteiger partial charge in [0.1, 0.15) is 5.56 Å². The SMILES string of the molecule is Cc1ccc(Sc2ccc([N+](=O)[O-])c(C(=O)O)c2)c(C)c1. The van der Waals surface area contributed by atoms with E-state index in [-0.39, 0.29) is 5.56 Å². The van der Waals surface area contributed by atoms with Crippen molar-refractivity contribution in [2.75, 3.05) is 0 Å². The molecule has 1 N–H and O–H groups in total. The van der Waals surface area contributed by atoms with Crippen LogP contribution in [0.5, 0.6) is 0 Å². The minimum Gasteiger partial charge on any atom is -0.477 e. The van der Waals surface area contributed by atoms with Crippen LogP contribution in [-0.2, 0) is 0 Å². The van der Waals surface area contributed by atoms with Crippen LogP contribution in [0.25, 0.3) is 0 Å². The first-order valence-corrected chi connectivity index (χ1v) is 6.97. The average Bonchev–Trinajstić information content (AvgIpc) is 2.41. The monoisotopic (exact) mass is 303 g/mol. The van der Waals surface area contributed by atoms with Crippen LogP contribution < -0.4 is 0 Å². The number of hydrogen-bond acceptors (Lipinski definition) is 4. The fraction of sp³-hybridized carbons (Fsp3) is 0.133. The lowest BCUT2D eigenvalue weighted by Gasteiger charge is -2.07. The molecule has 6 heteroatoms. The van der Waals surface area contributed by atoms with E-state index in [4.69, 9.17) is 5.11 Å².